The Kier molecular flexibility index (Phi) is 4.19. The summed E-state index contributed by atoms with van der Waals surface area (Å²) in [6.07, 6.45) is 0. The van der Waals surface area contributed by atoms with Crippen LogP contribution >= 0.6 is 34.8 Å². The fourth-order valence-electron chi connectivity index (χ4n) is 2.30. The summed E-state index contributed by atoms with van der Waals surface area (Å²) in [7, 11) is 0. The zero-order valence-corrected chi connectivity index (χ0v) is 14.1. The van der Waals surface area contributed by atoms with Crippen molar-refractivity contribution in [2.45, 2.75) is 13.5 Å². The van der Waals surface area contributed by atoms with E-state index in [1.165, 1.54) is 6.07 Å². The van der Waals surface area contributed by atoms with Crippen molar-refractivity contribution in [2.75, 3.05) is 0 Å². The molecule has 0 fully saturated rings. The fourth-order valence-corrected chi connectivity index (χ4v) is 3.24. The van der Waals surface area contributed by atoms with Crippen LogP contribution in [0.2, 0.25) is 15.1 Å². The second-order valence-corrected chi connectivity index (χ2v) is 6.19. The molecule has 0 aliphatic carbocycles. The smallest absolute Gasteiger partial charge is 0.354 e. The van der Waals surface area contributed by atoms with Gasteiger partial charge in [-0.15, -0.1) is 0 Å². The van der Waals surface area contributed by atoms with Gasteiger partial charge in [-0.2, -0.15) is 0 Å². The van der Waals surface area contributed by atoms with Crippen LogP contribution < -0.4 is 0 Å². The number of hydrogen-bond donors (Lipinski definition) is 1. The average Bonchev–Trinajstić information content (AvgIpc) is 2.77. The van der Waals surface area contributed by atoms with Gasteiger partial charge in [0.2, 0.25) is 0 Å². The molecule has 0 atom stereocenters. The van der Waals surface area contributed by atoms with Crippen LogP contribution in [-0.4, -0.2) is 25.6 Å². The Morgan fingerprint density at radius 2 is 1.83 bits per heavy atom. The lowest BCUT2D eigenvalue weighted by atomic mass is 10.2. The maximum Gasteiger partial charge on any atom is 0.354 e. The molecule has 2 aromatic heterocycles. The molecule has 1 aromatic carbocycles. The van der Waals surface area contributed by atoms with Gasteiger partial charge in [0, 0.05) is 20.6 Å². The molecule has 118 valence electrons. The van der Waals surface area contributed by atoms with E-state index >= 15 is 0 Å². The number of aromatic carboxylic acids is 1. The van der Waals surface area contributed by atoms with Gasteiger partial charge in [0.1, 0.15) is 11.3 Å². The molecule has 0 spiro atoms. The molecule has 0 amide bonds. The number of halogens is 3. The number of rotatable bonds is 3. The quantitative estimate of drug-likeness (QED) is 0.740. The van der Waals surface area contributed by atoms with Crippen LogP contribution in [-0.2, 0) is 6.54 Å². The summed E-state index contributed by atoms with van der Waals surface area (Å²) >= 11 is 18.4. The number of carboxylic acid groups (broad SMARTS) is 1. The first-order valence-corrected chi connectivity index (χ1v) is 7.71. The normalized spacial score (nSPS) is 11.1. The second kappa shape index (κ2) is 6.00. The van der Waals surface area contributed by atoms with Crippen LogP contribution in [0.1, 0.15) is 21.9 Å². The van der Waals surface area contributed by atoms with E-state index in [1.54, 1.807) is 29.7 Å². The molecule has 0 bridgehead atoms. The van der Waals surface area contributed by atoms with Gasteiger partial charge < -0.3 is 9.67 Å². The van der Waals surface area contributed by atoms with Crippen LogP contribution in [0.3, 0.4) is 0 Å². The van der Waals surface area contributed by atoms with Gasteiger partial charge >= 0.3 is 5.97 Å². The molecule has 0 saturated carbocycles. The van der Waals surface area contributed by atoms with Crippen molar-refractivity contribution >= 4 is 51.9 Å². The van der Waals surface area contributed by atoms with E-state index in [2.05, 4.69) is 9.97 Å². The molecule has 3 rings (SSSR count). The van der Waals surface area contributed by atoms with Crippen molar-refractivity contribution in [1.29, 1.82) is 0 Å². The third-order valence-corrected chi connectivity index (χ3v) is 4.32. The number of pyridine rings is 1. The van der Waals surface area contributed by atoms with E-state index in [0.717, 1.165) is 0 Å². The zero-order chi connectivity index (χ0) is 16.7. The zero-order valence-electron chi connectivity index (χ0n) is 11.8. The van der Waals surface area contributed by atoms with Gasteiger partial charge in [0.25, 0.3) is 0 Å². The summed E-state index contributed by atoms with van der Waals surface area (Å²) in [5, 5.41) is 10.4. The average molecular weight is 371 g/mol. The minimum atomic E-state index is -1.10. The van der Waals surface area contributed by atoms with Crippen LogP contribution in [0.5, 0.6) is 0 Å². The van der Waals surface area contributed by atoms with E-state index in [0.29, 0.717) is 44.2 Å². The standard InChI is InChI=1S/C15H10Cl3N3O2/c1-7-19-12-2-3-13(15(22)23)20-14(12)21(7)6-9-10(17)4-8(16)5-11(9)18/h2-5H,6H2,1H3,(H,22,23). The Morgan fingerprint density at radius 1 is 1.17 bits per heavy atom. The van der Waals surface area contributed by atoms with E-state index in [1.807, 2.05) is 0 Å². The monoisotopic (exact) mass is 369 g/mol. The summed E-state index contributed by atoms with van der Waals surface area (Å²) in [6, 6.07) is 6.26. The lowest BCUT2D eigenvalue weighted by molar-refractivity contribution is 0.0691. The lowest BCUT2D eigenvalue weighted by Gasteiger charge is -2.11. The Balaban J connectivity index is 2.15. The van der Waals surface area contributed by atoms with E-state index in [-0.39, 0.29) is 5.69 Å². The first-order chi connectivity index (χ1) is 10.9. The third kappa shape index (κ3) is 3.00. The van der Waals surface area contributed by atoms with Crippen molar-refractivity contribution in [3.8, 4) is 0 Å². The van der Waals surface area contributed by atoms with Gasteiger partial charge in [-0.25, -0.2) is 14.8 Å². The largest absolute Gasteiger partial charge is 0.477 e. The molecular weight excluding hydrogens is 361 g/mol. The van der Waals surface area contributed by atoms with Gasteiger partial charge in [-0.3, -0.25) is 0 Å². The van der Waals surface area contributed by atoms with Crippen molar-refractivity contribution in [3.63, 3.8) is 0 Å². The predicted octanol–water partition coefficient (Wildman–Crippen LogP) is 4.45. The van der Waals surface area contributed by atoms with Crippen LogP contribution in [0.4, 0.5) is 0 Å². The molecule has 8 heteroatoms. The number of nitrogens with zero attached hydrogens (tertiary/aromatic N) is 3. The number of carbonyl (C=O) groups is 1. The van der Waals surface area contributed by atoms with Crippen LogP contribution in [0, 0.1) is 6.92 Å². The van der Waals surface area contributed by atoms with Gasteiger partial charge in [-0.1, -0.05) is 34.8 Å². The van der Waals surface area contributed by atoms with Crippen molar-refractivity contribution in [2.24, 2.45) is 0 Å². The van der Waals surface area contributed by atoms with Crippen molar-refractivity contribution in [1.82, 2.24) is 14.5 Å². The fraction of sp³-hybridized carbons (Fsp3) is 0.133. The van der Waals surface area contributed by atoms with Crippen molar-refractivity contribution in [3.05, 3.63) is 56.4 Å². The van der Waals surface area contributed by atoms with E-state index in [4.69, 9.17) is 39.9 Å². The molecule has 0 aliphatic rings. The highest BCUT2D eigenvalue weighted by molar-refractivity contribution is 6.39. The summed E-state index contributed by atoms with van der Waals surface area (Å²) < 4.78 is 1.77. The van der Waals surface area contributed by atoms with Crippen LogP contribution in [0.25, 0.3) is 11.2 Å². The highest BCUT2D eigenvalue weighted by Gasteiger charge is 2.16. The highest BCUT2D eigenvalue weighted by atomic mass is 35.5. The van der Waals surface area contributed by atoms with E-state index < -0.39 is 5.97 Å². The number of fused-ring (bicyclic) bond motifs is 1. The number of aromatic nitrogens is 3. The predicted molar refractivity (Wildman–Crippen MR) is 89.8 cm³/mol. The molecule has 1 N–H and O–H groups in total. The van der Waals surface area contributed by atoms with Gasteiger partial charge in [0.15, 0.2) is 11.3 Å². The third-order valence-electron chi connectivity index (χ3n) is 3.42. The molecule has 0 aliphatic heterocycles. The molecule has 0 unspecified atom stereocenters. The van der Waals surface area contributed by atoms with Crippen molar-refractivity contribution < 1.29 is 9.90 Å². The minimum Gasteiger partial charge on any atom is -0.477 e. The maximum atomic E-state index is 11.1. The molecule has 2 heterocycles. The SMILES string of the molecule is Cc1nc2ccc(C(=O)O)nc2n1Cc1c(Cl)cc(Cl)cc1Cl. The Hall–Kier alpha value is -1.82. The Bertz CT molecular complexity index is 914. The Labute approximate surface area is 146 Å². The molecule has 23 heavy (non-hydrogen) atoms. The highest BCUT2D eigenvalue weighted by Crippen LogP contribution is 2.30. The molecule has 0 saturated heterocycles. The molecule has 0 radical (unpaired) electrons. The summed E-state index contributed by atoms with van der Waals surface area (Å²) in [6.45, 7) is 2.12. The summed E-state index contributed by atoms with van der Waals surface area (Å²) in [4.78, 5) is 19.7. The summed E-state index contributed by atoms with van der Waals surface area (Å²) in [5.41, 5.74) is 1.69. The number of imidazole rings is 1. The van der Waals surface area contributed by atoms with Gasteiger partial charge in [-0.05, 0) is 31.2 Å². The molecular formula is C15H10Cl3N3O2. The second-order valence-electron chi connectivity index (χ2n) is 4.94. The van der Waals surface area contributed by atoms with Gasteiger partial charge in [0.05, 0.1) is 6.54 Å². The summed E-state index contributed by atoms with van der Waals surface area (Å²) in [5.74, 6) is -0.419. The number of hydrogen-bond acceptors (Lipinski definition) is 3. The molecule has 5 nitrogen and oxygen atoms in total. The number of carboxylic acids is 1. The number of aryl methyl sites for hydroxylation is 1. The first-order valence-electron chi connectivity index (χ1n) is 6.57. The maximum absolute atomic E-state index is 11.1. The number of benzene rings is 1. The lowest BCUT2D eigenvalue weighted by Crippen LogP contribution is -2.06. The van der Waals surface area contributed by atoms with Crippen LogP contribution in [0.15, 0.2) is 24.3 Å². The Morgan fingerprint density at radius 3 is 2.43 bits per heavy atom. The topological polar surface area (TPSA) is 68.0 Å². The minimum absolute atomic E-state index is 0.0491. The first kappa shape index (κ1) is 16.1. The molecule has 3 aromatic rings. The van der Waals surface area contributed by atoms with E-state index in [9.17, 15) is 4.79 Å².